The van der Waals surface area contributed by atoms with E-state index in [9.17, 15) is 24.0 Å². The summed E-state index contributed by atoms with van der Waals surface area (Å²) in [6.07, 6.45) is 2.15. The number of carbonyl (C=O) groups is 5. The van der Waals surface area contributed by atoms with E-state index in [-0.39, 0.29) is 18.9 Å². The summed E-state index contributed by atoms with van der Waals surface area (Å²) in [6, 6.07) is 15.8. The van der Waals surface area contributed by atoms with Gasteiger partial charge in [0.25, 0.3) is 11.8 Å². The summed E-state index contributed by atoms with van der Waals surface area (Å²) in [4.78, 5) is 61.3. The number of imide groups is 1. The molecule has 2 aromatic carbocycles. The van der Waals surface area contributed by atoms with Gasteiger partial charge in [0.1, 0.15) is 12.1 Å². The highest BCUT2D eigenvalue weighted by Crippen LogP contribution is 2.25. The number of nitrogens with one attached hydrogen (secondary N) is 3. The third kappa shape index (κ3) is 6.88. The molecule has 2 aromatic rings. The van der Waals surface area contributed by atoms with Crippen LogP contribution in [-0.2, 0) is 24.0 Å². The van der Waals surface area contributed by atoms with Gasteiger partial charge in [0.05, 0.1) is 0 Å². The Morgan fingerprint density at radius 2 is 1.39 bits per heavy atom. The van der Waals surface area contributed by atoms with Crippen LogP contribution in [0.3, 0.4) is 0 Å². The molecule has 0 saturated heterocycles. The molecule has 9 heteroatoms. The average molecular weight is 491 g/mol. The quantitative estimate of drug-likeness (QED) is 0.440. The van der Waals surface area contributed by atoms with Gasteiger partial charge in [-0.25, -0.2) is 0 Å². The van der Waals surface area contributed by atoms with Crippen LogP contribution in [0, 0.1) is 0 Å². The number of amides is 5. The molecule has 1 aliphatic rings. The van der Waals surface area contributed by atoms with Crippen molar-refractivity contribution in [2.45, 2.75) is 45.2 Å². The zero-order chi connectivity index (χ0) is 26.2. The topological polar surface area (TPSA) is 125 Å². The Hall–Kier alpha value is -4.27. The Labute approximate surface area is 209 Å². The van der Waals surface area contributed by atoms with Crippen molar-refractivity contribution < 1.29 is 24.0 Å². The lowest BCUT2D eigenvalue weighted by atomic mass is 9.93. The maximum absolute atomic E-state index is 12.7. The van der Waals surface area contributed by atoms with Gasteiger partial charge in [0.2, 0.25) is 17.7 Å². The lowest BCUT2D eigenvalue weighted by Crippen LogP contribution is -2.50. The highest BCUT2D eigenvalue weighted by molar-refractivity contribution is 6.13. The van der Waals surface area contributed by atoms with Gasteiger partial charge in [-0.05, 0) is 37.1 Å². The van der Waals surface area contributed by atoms with Crippen LogP contribution in [0.1, 0.15) is 44.2 Å². The minimum Gasteiger partial charge on any atom is -0.345 e. The summed E-state index contributed by atoms with van der Waals surface area (Å²) in [5.41, 5.74) is 2.82. The molecule has 0 saturated carbocycles. The lowest BCUT2D eigenvalue weighted by molar-refractivity contribution is -0.137. The van der Waals surface area contributed by atoms with Crippen molar-refractivity contribution in [2.75, 3.05) is 11.9 Å². The molecule has 0 fully saturated rings. The van der Waals surface area contributed by atoms with Gasteiger partial charge in [-0.15, -0.1) is 0 Å². The molecule has 3 N–H and O–H groups in total. The van der Waals surface area contributed by atoms with Gasteiger partial charge in [-0.1, -0.05) is 49.4 Å². The van der Waals surface area contributed by atoms with E-state index >= 15 is 0 Å². The van der Waals surface area contributed by atoms with Crippen LogP contribution in [0.15, 0.2) is 66.7 Å². The number of anilines is 1. The maximum atomic E-state index is 12.7. The van der Waals surface area contributed by atoms with Gasteiger partial charge >= 0.3 is 0 Å². The summed E-state index contributed by atoms with van der Waals surface area (Å²) in [5, 5.41) is 7.91. The number of rotatable bonds is 10. The number of hydrogen-bond donors (Lipinski definition) is 3. The van der Waals surface area contributed by atoms with E-state index in [1.54, 1.807) is 13.0 Å². The van der Waals surface area contributed by atoms with Crippen LogP contribution in [0.5, 0.6) is 0 Å². The minimum atomic E-state index is -0.911. The predicted molar refractivity (Wildman–Crippen MR) is 135 cm³/mol. The molecule has 0 spiro atoms. The molecule has 5 amide bonds. The van der Waals surface area contributed by atoms with Crippen molar-refractivity contribution >= 4 is 35.2 Å². The fourth-order valence-electron chi connectivity index (χ4n) is 3.72. The molecule has 0 unspecified atom stereocenters. The normalized spacial score (nSPS) is 15.2. The molecule has 188 valence electrons. The molecule has 9 nitrogen and oxygen atoms in total. The highest BCUT2D eigenvalue weighted by atomic mass is 16.2. The maximum Gasteiger partial charge on any atom is 0.253 e. The Morgan fingerprint density at radius 1 is 0.778 bits per heavy atom. The first kappa shape index (κ1) is 26.3. The summed E-state index contributed by atoms with van der Waals surface area (Å²) in [6.45, 7) is 5.05. The molecule has 1 heterocycles. The number of hydrogen-bond acceptors (Lipinski definition) is 5. The van der Waals surface area contributed by atoms with Crippen molar-refractivity contribution in [1.82, 2.24) is 15.5 Å². The van der Waals surface area contributed by atoms with Crippen LogP contribution in [-0.4, -0.2) is 53.1 Å². The van der Waals surface area contributed by atoms with Crippen molar-refractivity contribution in [1.29, 1.82) is 0 Å². The monoisotopic (exact) mass is 490 g/mol. The van der Waals surface area contributed by atoms with E-state index in [1.807, 2.05) is 36.4 Å². The summed E-state index contributed by atoms with van der Waals surface area (Å²) < 4.78 is 0. The lowest BCUT2D eigenvalue weighted by Gasteiger charge is -2.19. The Balaban J connectivity index is 1.48. The molecular weight excluding hydrogens is 460 g/mol. The van der Waals surface area contributed by atoms with Crippen molar-refractivity contribution in [3.05, 3.63) is 77.9 Å². The second-order valence-electron chi connectivity index (χ2n) is 8.68. The molecule has 1 aliphatic heterocycles. The SMILES string of the molecule is C[C@@H](c1ccccc1)c1cccc(NC(=O)[C@H](C)NC(=O)[C@H](C)NC(=O)CCN2C(=O)C=CC2=O)c1. The Kier molecular flexibility index (Phi) is 8.72. The van der Waals surface area contributed by atoms with Crippen LogP contribution >= 0.6 is 0 Å². The zero-order valence-electron chi connectivity index (χ0n) is 20.5. The third-order valence-electron chi connectivity index (χ3n) is 5.94. The van der Waals surface area contributed by atoms with Crippen LogP contribution in [0.25, 0.3) is 0 Å². The van der Waals surface area contributed by atoms with Gasteiger partial charge in [0, 0.05) is 36.7 Å². The first-order chi connectivity index (χ1) is 17.2. The summed E-state index contributed by atoms with van der Waals surface area (Å²) in [5.74, 6) is -2.23. The second-order valence-corrected chi connectivity index (χ2v) is 8.68. The first-order valence-corrected chi connectivity index (χ1v) is 11.7. The van der Waals surface area contributed by atoms with E-state index in [0.717, 1.165) is 28.2 Å². The van der Waals surface area contributed by atoms with E-state index in [0.29, 0.717) is 5.69 Å². The number of nitrogens with zero attached hydrogens (tertiary/aromatic N) is 1. The standard InChI is InChI=1S/C27H30N4O5/c1-17(20-8-5-4-6-9-20)21-10-7-11-22(16-21)30-27(36)19(3)29-26(35)18(2)28-23(32)14-15-31-24(33)12-13-25(31)34/h4-13,16-19H,14-15H2,1-3H3,(H,28,32)(H,29,35)(H,30,36)/t17-,18-,19-/m0/s1. The second kappa shape index (κ2) is 11.9. The molecule has 3 rings (SSSR count). The predicted octanol–water partition coefficient (Wildman–Crippen LogP) is 2.10. The summed E-state index contributed by atoms with van der Waals surface area (Å²) >= 11 is 0. The largest absolute Gasteiger partial charge is 0.345 e. The smallest absolute Gasteiger partial charge is 0.253 e. The van der Waals surface area contributed by atoms with E-state index in [2.05, 4.69) is 35.0 Å². The van der Waals surface area contributed by atoms with E-state index in [4.69, 9.17) is 0 Å². The van der Waals surface area contributed by atoms with Crippen molar-refractivity contribution in [3.8, 4) is 0 Å². The molecule has 0 aliphatic carbocycles. The minimum absolute atomic E-state index is 0.0778. The van der Waals surface area contributed by atoms with Gasteiger partial charge in [-0.2, -0.15) is 0 Å². The third-order valence-corrected chi connectivity index (χ3v) is 5.94. The fourth-order valence-corrected chi connectivity index (χ4v) is 3.72. The first-order valence-electron chi connectivity index (χ1n) is 11.7. The molecule has 0 radical (unpaired) electrons. The molecule has 3 atom stereocenters. The van der Waals surface area contributed by atoms with Crippen LogP contribution < -0.4 is 16.0 Å². The van der Waals surface area contributed by atoms with Gasteiger partial charge in [0.15, 0.2) is 0 Å². The van der Waals surface area contributed by atoms with Crippen LogP contribution in [0.4, 0.5) is 5.69 Å². The average Bonchev–Trinajstić information content (AvgIpc) is 3.19. The summed E-state index contributed by atoms with van der Waals surface area (Å²) in [7, 11) is 0. The van der Waals surface area contributed by atoms with Crippen molar-refractivity contribution in [3.63, 3.8) is 0 Å². The fraction of sp³-hybridized carbons (Fsp3) is 0.296. The zero-order valence-corrected chi connectivity index (χ0v) is 20.5. The van der Waals surface area contributed by atoms with Gasteiger partial charge in [-0.3, -0.25) is 28.9 Å². The number of benzene rings is 2. The molecule has 36 heavy (non-hydrogen) atoms. The molecular formula is C27H30N4O5. The molecule has 0 aromatic heterocycles. The van der Waals surface area contributed by atoms with Crippen molar-refractivity contribution in [2.24, 2.45) is 0 Å². The highest BCUT2D eigenvalue weighted by Gasteiger charge is 2.25. The Bertz CT molecular complexity index is 1160. The Morgan fingerprint density at radius 3 is 2.06 bits per heavy atom. The molecule has 0 bridgehead atoms. The number of carbonyl (C=O) groups excluding carboxylic acids is 5. The van der Waals surface area contributed by atoms with Crippen LogP contribution in [0.2, 0.25) is 0 Å². The van der Waals surface area contributed by atoms with E-state index in [1.165, 1.54) is 6.92 Å². The van der Waals surface area contributed by atoms with E-state index < -0.39 is 41.6 Å². The van der Waals surface area contributed by atoms with Gasteiger partial charge < -0.3 is 16.0 Å².